The minimum absolute atomic E-state index is 0.0256. The molecule has 0 spiro atoms. The molecule has 0 N–H and O–H groups in total. The molecule has 4 nitrogen and oxygen atoms in total. The van der Waals surface area contributed by atoms with Crippen molar-refractivity contribution in [1.82, 2.24) is 4.90 Å². The third-order valence-electron chi connectivity index (χ3n) is 7.24. The number of carbonyl (C=O) groups is 1. The number of rotatable bonds is 7. The summed E-state index contributed by atoms with van der Waals surface area (Å²) in [5.41, 5.74) is -3.94. The van der Waals surface area contributed by atoms with E-state index >= 15 is 0 Å². The molecular formula is C27H27F8NO3. The summed E-state index contributed by atoms with van der Waals surface area (Å²) < 4.78 is 119. The Morgan fingerprint density at radius 2 is 1.64 bits per heavy atom. The van der Waals surface area contributed by atoms with Crippen molar-refractivity contribution in [1.29, 1.82) is 0 Å². The number of ether oxygens (including phenoxy) is 2. The summed E-state index contributed by atoms with van der Waals surface area (Å²) in [6.07, 6.45) is -7.65. The average molecular weight is 566 g/mol. The lowest BCUT2D eigenvalue weighted by Gasteiger charge is -2.43. The van der Waals surface area contributed by atoms with Crippen LogP contribution in [0.1, 0.15) is 60.8 Å². The molecule has 0 bridgehead atoms. The van der Waals surface area contributed by atoms with Crippen LogP contribution >= 0.6 is 0 Å². The summed E-state index contributed by atoms with van der Waals surface area (Å²) in [5.74, 6) is -2.66. The van der Waals surface area contributed by atoms with Crippen LogP contribution in [0.5, 0.6) is 0 Å². The number of carbonyl (C=O) groups excluding carboxylic acids is 1. The minimum Gasteiger partial charge on any atom is -0.353 e. The Morgan fingerprint density at radius 1 is 0.949 bits per heavy atom. The summed E-state index contributed by atoms with van der Waals surface area (Å²) >= 11 is 0. The van der Waals surface area contributed by atoms with Crippen molar-refractivity contribution in [3.05, 3.63) is 70.3 Å². The molecule has 2 atom stereocenters. The molecule has 2 aromatic rings. The molecule has 0 radical (unpaired) electrons. The first-order valence-corrected chi connectivity index (χ1v) is 12.5. The van der Waals surface area contributed by atoms with Gasteiger partial charge in [-0.1, -0.05) is 6.07 Å². The maximum absolute atomic E-state index is 14.2. The third kappa shape index (κ3) is 7.08. The topological polar surface area (TPSA) is 38.8 Å². The molecule has 4 rings (SSSR count). The Balaban J connectivity index is 1.63. The lowest BCUT2D eigenvalue weighted by molar-refractivity contribution is -0.166. The molecule has 12 heteroatoms. The van der Waals surface area contributed by atoms with Crippen LogP contribution in [-0.2, 0) is 38.6 Å². The molecule has 2 aromatic carbocycles. The fourth-order valence-corrected chi connectivity index (χ4v) is 5.15. The highest BCUT2D eigenvalue weighted by atomic mass is 19.4. The first-order valence-electron chi connectivity index (χ1n) is 12.5. The van der Waals surface area contributed by atoms with Gasteiger partial charge in [-0.3, -0.25) is 4.79 Å². The van der Waals surface area contributed by atoms with Gasteiger partial charge in [-0.05, 0) is 73.6 Å². The second-order valence-electron chi connectivity index (χ2n) is 9.99. The van der Waals surface area contributed by atoms with Crippen molar-refractivity contribution < 1.29 is 49.4 Å². The predicted molar refractivity (Wildman–Crippen MR) is 123 cm³/mol. The largest absolute Gasteiger partial charge is 0.416 e. The van der Waals surface area contributed by atoms with Crippen LogP contribution in [-0.4, -0.2) is 36.9 Å². The number of alkyl halides is 6. The number of hydrogen-bond donors (Lipinski definition) is 0. The predicted octanol–water partition coefficient (Wildman–Crippen LogP) is 7.00. The number of piperidine rings is 1. The van der Waals surface area contributed by atoms with Gasteiger partial charge in [0.2, 0.25) is 5.91 Å². The molecule has 2 unspecified atom stereocenters. The normalized spacial score (nSPS) is 22.8. The highest BCUT2D eigenvalue weighted by molar-refractivity contribution is 5.77. The van der Waals surface area contributed by atoms with Crippen LogP contribution in [0.15, 0.2) is 36.4 Å². The molecule has 2 heterocycles. The van der Waals surface area contributed by atoms with E-state index < -0.39 is 59.3 Å². The molecule has 39 heavy (non-hydrogen) atoms. The fraction of sp³-hybridized carbons (Fsp3) is 0.519. The van der Waals surface area contributed by atoms with E-state index in [1.165, 1.54) is 6.07 Å². The van der Waals surface area contributed by atoms with Crippen LogP contribution in [0.2, 0.25) is 0 Å². The number of likely N-dealkylation sites (tertiary alicyclic amines) is 1. The summed E-state index contributed by atoms with van der Waals surface area (Å²) in [4.78, 5) is 14.0. The molecule has 2 fully saturated rings. The SMILES string of the molecule is O=C1CCC(CCOC2CCCCO2)(c2ccc(F)c(F)c2)CN1Cc1cc(C(F)(F)F)cc(C(F)(F)F)c1. The van der Waals surface area contributed by atoms with Gasteiger partial charge in [0.05, 0.1) is 17.7 Å². The Bertz CT molecular complexity index is 1140. The van der Waals surface area contributed by atoms with Crippen LogP contribution in [0.4, 0.5) is 35.1 Å². The van der Waals surface area contributed by atoms with Crippen molar-refractivity contribution in [3.8, 4) is 0 Å². The second-order valence-corrected chi connectivity index (χ2v) is 9.99. The lowest BCUT2D eigenvalue weighted by Crippen LogP contribution is -2.49. The number of amides is 1. The van der Waals surface area contributed by atoms with Crippen LogP contribution < -0.4 is 0 Å². The van der Waals surface area contributed by atoms with Gasteiger partial charge in [0.1, 0.15) is 0 Å². The quantitative estimate of drug-likeness (QED) is 0.340. The van der Waals surface area contributed by atoms with Crippen molar-refractivity contribution >= 4 is 5.91 Å². The van der Waals surface area contributed by atoms with E-state index in [0.717, 1.165) is 29.9 Å². The smallest absolute Gasteiger partial charge is 0.353 e. The van der Waals surface area contributed by atoms with Crippen molar-refractivity contribution in [3.63, 3.8) is 0 Å². The first-order chi connectivity index (χ1) is 18.3. The van der Waals surface area contributed by atoms with E-state index in [4.69, 9.17) is 9.47 Å². The van der Waals surface area contributed by atoms with E-state index in [1.54, 1.807) is 0 Å². The van der Waals surface area contributed by atoms with E-state index in [0.29, 0.717) is 30.7 Å². The molecule has 2 saturated heterocycles. The zero-order valence-corrected chi connectivity index (χ0v) is 20.8. The van der Waals surface area contributed by atoms with Crippen LogP contribution in [0.25, 0.3) is 0 Å². The van der Waals surface area contributed by atoms with Gasteiger partial charge < -0.3 is 14.4 Å². The summed E-state index contributed by atoms with van der Waals surface area (Å²) in [6, 6.07) is 4.51. The van der Waals surface area contributed by atoms with Gasteiger partial charge in [0.15, 0.2) is 17.9 Å². The first kappa shape index (κ1) is 29.3. The molecule has 2 aliphatic heterocycles. The Hall–Kier alpha value is -2.73. The third-order valence-corrected chi connectivity index (χ3v) is 7.24. The van der Waals surface area contributed by atoms with Crippen molar-refractivity contribution in [2.75, 3.05) is 19.8 Å². The molecule has 0 aromatic heterocycles. The molecule has 0 aliphatic carbocycles. The number of hydrogen-bond acceptors (Lipinski definition) is 3. The lowest BCUT2D eigenvalue weighted by atomic mass is 9.71. The summed E-state index contributed by atoms with van der Waals surface area (Å²) in [5, 5.41) is 0. The van der Waals surface area contributed by atoms with E-state index in [-0.39, 0.29) is 44.0 Å². The van der Waals surface area contributed by atoms with Gasteiger partial charge in [-0.2, -0.15) is 26.3 Å². The number of nitrogens with zero attached hydrogens (tertiary/aromatic N) is 1. The zero-order chi connectivity index (χ0) is 28.4. The standard InChI is InChI=1S/C27H27F8NO3/c28-21-5-4-18(14-22(21)29)25(8-10-39-24-3-1-2-9-38-24)7-6-23(37)36(16-25)15-17-11-19(26(30,31)32)13-20(12-17)27(33,34)35/h4-5,11-14,24H,1-3,6-10,15-16H2. The van der Waals surface area contributed by atoms with Gasteiger partial charge in [-0.25, -0.2) is 8.78 Å². The summed E-state index contributed by atoms with van der Waals surface area (Å²) in [7, 11) is 0. The molecule has 2 aliphatic rings. The average Bonchev–Trinajstić information content (AvgIpc) is 2.87. The highest BCUT2D eigenvalue weighted by Crippen LogP contribution is 2.41. The monoisotopic (exact) mass is 565 g/mol. The van der Waals surface area contributed by atoms with Gasteiger partial charge in [0.25, 0.3) is 0 Å². The highest BCUT2D eigenvalue weighted by Gasteiger charge is 2.42. The van der Waals surface area contributed by atoms with Crippen molar-refractivity contribution in [2.45, 2.75) is 69.1 Å². The zero-order valence-electron chi connectivity index (χ0n) is 20.8. The van der Waals surface area contributed by atoms with Gasteiger partial charge in [0, 0.05) is 31.5 Å². The van der Waals surface area contributed by atoms with E-state index in [1.807, 2.05) is 0 Å². The Morgan fingerprint density at radius 3 is 2.23 bits per heavy atom. The minimum atomic E-state index is -5.03. The van der Waals surface area contributed by atoms with E-state index in [9.17, 15) is 39.9 Å². The molecule has 214 valence electrons. The van der Waals surface area contributed by atoms with Crippen LogP contribution in [0, 0.1) is 11.6 Å². The fourth-order valence-electron chi connectivity index (χ4n) is 5.15. The van der Waals surface area contributed by atoms with Crippen LogP contribution in [0.3, 0.4) is 0 Å². The molecule has 1 amide bonds. The van der Waals surface area contributed by atoms with Gasteiger partial charge >= 0.3 is 12.4 Å². The van der Waals surface area contributed by atoms with E-state index in [2.05, 4.69) is 0 Å². The van der Waals surface area contributed by atoms with Gasteiger partial charge in [-0.15, -0.1) is 0 Å². The summed E-state index contributed by atoms with van der Waals surface area (Å²) in [6.45, 7) is 0.0128. The maximum Gasteiger partial charge on any atom is 0.416 e. The van der Waals surface area contributed by atoms with Crippen molar-refractivity contribution in [2.24, 2.45) is 0 Å². The number of halogens is 8. The molecule has 0 saturated carbocycles. The Kier molecular flexibility index (Phi) is 8.55. The number of benzene rings is 2. The molecular weight excluding hydrogens is 538 g/mol. The maximum atomic E-state index is 14.2. The Labute approximate surface area is 219 Å². The second kappa shape index (κ2) is 11.4.